The van der Waals surface area contributed by atoms with Crippen LogP contribution in [0.2, 0.25) is 0 Å². The highest BCUT2D eigenvalue weighted by Gasteiger charge is 2.21. The zero-order valence-electron chi connectivity index (χ0n) is 8.65. The van der Waals surface area contributed by atoms with Crippen LogP contribution in [0, 0.1) is 17.0 Å². The first-order valence-electron chi connectivity index (χ1n) is 4.60. The van der Waals surface area contributed by atoms with Crippen LogP contribution >= 0.6 is 15.9 Å². The number of halogens is 3. The van der Waals surface area contributed by atoms with Gasteiger partial charge in [0.1, 0.15) is 11.6 Å². The quantitative estimate of drug-likeness (QED) is 0.842. The van der Waals surface area contributed by atoms with Crippen molar-refractivity contribution < 1.29 is 13.9 Å². The molecule has 0 aliphatic rings. The van der Waals surface area contributed by atoms with E-state index in [1.54, 1.807) is 0 Å². The number of benzene rings is 1. The first-order chi connectivity index (χ1) is 6.87. The summed E-state index contributed by atoms with van der Waals surface area (Å²) in [5, 5.41) is 9.06. The van der Waals surface area contributed by atoms with Gasteiger partial charge in [0, 0.05) is 6.61 Å². The van der Waals surface area contributed by atoms with Gasteiger partial charge in [-0.2, -0.15) is 0 Å². The highest BCUT2D eigenvalue weighted by Crippen LogP contribution is 2.27. The molecule has 0 bridgehead atoms. The zero-order chi connectivity index (χ0) is 11.6. The summed E-state index contributed by atoms with van der Waals surface area (Å²) in [5.74, 6) is -1.20. The Morgan fingerprint density at radius 2 is 1.93 bits per heavy atom. The van der Waals surface area contributed by atoms with Crippen molar-refractivity contribution >= 4 is 15.9 Å². The monoisotopic (exact) mass is 278 g/mol. The van der Waals surface area contributed by atoms with Crippen molar-refractivity contribution in [2.45, 2.75) is 20.3 Å². The van der Waals surface area contributed by atoms with Gasteiger partial charge in [-0.3, -0.25) is 0 Å². The van der Waals surface area contributed by atoms with Crippen molar-refractivity contribution in [1.82, 2.24) is 0 Å². The van der Waals surface area contributed by atoms with E-state index < -0.39 is 17.0 Å². The van der Waals surface area contributed by atoms with Gasteiger partial charge in [0.2, 0.25) is 0 Å². The Morgan fingerprint density at radius 3 is 2.47 bits per heavy atom. The van der Waals surface area contributed by atoms with Gasteiger partial charge in [0.15, 0.2) is 0 Å². The van der Waals surface area contributed by atoms with Gasteiger partial charge in [-0.1, -0.05) is 19.9 Å². The Labute approximate surface area is 96.2 Å². The van der Waals surface area contributed by atoms with Gasteiger partial charge in [-0.15, -0.1) is 0 Å². The fourth-order valence-corrected chi connectivity index (χ4v) is 1.66. The molecule has 15 heavy (non-hydrogen) atoms. The third-order valence-electron chi connectivity index (χ3n) is 2.21. The largest absolute Gasteiger partial charge is 0.396 e. The molecule has 1 aromatic rings. The minimum Gasteiger partial charge on any atom is -0.396 e. The summed E-state index contributed by atoms with van der Waals surface area (Å²) < 4.78 is 26.4. The minimum atomic E-state index is -0.613. The van der Waals surface area contributed by atoms with Crippen LogP contribution in [0.25, 0.3) is 0 Å². The summed E-state index contributed by atoms with van der Waals surface area (Å²) in [6.07, 6.45) is 0.369. The summed E-state index contributed by atoms with van der Waals surface area (Å²) in [4.78, 5) is 0. The lowest BCUT2D eigenvalue weighted by Crippen LogP contribution is -2.20. The predicted molar refractivity (Wildman–Crippen MR) is 58.6 cm³/mol. The number of aliphatic hydroxyl groups excluding tert-OH is 1. The van der Waals surface area contributed by atoms with Crippen molar-refractivity contribution in [3.8, 4) is 0 Å². The van der Waals surface area contributed by atoms with E-state index >= 15 is 0 Å². The van der Waals surface area contributed by atoms with Gasteiger partial charge in [-0.05, 0) is 39.4 Å². The van der Waals surface area contributed by atoms with Crippen LogP contribution in [0.5, 0.6) is 0 Å². The molecular formula is C11H13BrF2O. The van der Waals surface area contributed by atoms with Crippen LogP contribution in [-0.4, -0.2) is 11.7 Å². The first-order valence-corrected chi connectivity index (χ1v) is 5.40. The summed E-state index contributed by atoms with van der Waals surface area (Å²) in [7, 11) is 0. The van der Waals surface area contributed by atoms with E-state index in [9.17, 15) is 8.78 Å². The minimum absolute atomic E-state index is 0.0402. The molecule has 84 valence electrons. The lowest BCUT2D eigenvalue weighted by Gasteiger charge is -2.22. The normalized spacial score (nSPS) is 11.9. The molecule has 0 amide bonds. The van der Waals surface area contributed by atoms with Crippen molar-refractivity contribution in [1.29, 1.82) is 0 Å². The first kappa shape index (κ1) is 12.6. The molecule has 0 fully saturated rings. The molecule has 0 radical (unpaired) electrons. The fraction of sp³-hybridized carbons (Fsp3) is 0.455. The molecule has 1 rings (SSSR count). The Hall–Kier alpha value is -0.480. The Morgan fingerprint density at radius 1 is 1.33 bits per heavy atom. The van der Waals surface area contributed by atoms with E-state index in [0.29, 0.717) is 12.0 Å². The fourth-order valence-electron chi connectivity index (χ4n) is 1.27. The summed E-state index contributed by atoms with van der Waals surface area (Å²) in [6, 6.07) is 2.63. The molecule has 1 N–H and O–H groups in total. The van der Waals surface area contributed by atoms with E-state index in [-0.39, 0.29) is 11.1 Å². The molecule has 0 aliphatic carbocycles. The third-order valence-corrected chi connectivity index (χ3v) is 2.94. The lowest BCUT2D eigenvalue weighted by atomic mass is 9.86. The number of hydrogen-bond donors (Lipinski definition) is 1. The second-order valence-electron chi connectivity index (χ2n) is 4.33. The summed E-state index contributed by atoms with van der Waals surface area (Å²) >= 11 is 2.85. The molecule has 0 spiro atoms. The van der Waals surface area contributed by atoms with Crippen LogP contribution in [0.3, 0.4) is 0 Å². The summed E-state index contributed by atoms with van der Waals surface area (Å²) in [6.45, 7) is 3.61. The SMILES string of the molecule is CC(C)(CO)Cc1ccc(F)c(Br)c1F. The van der Waals surface area contributed by atoms with E-state index in [1.165, 1.54) is 12.1 Å². The Bertz CT molecular complexity index is 364. The topological polar surface area (TPSA) is 20.2 Å². The highest BCUT2D eigenvalue weighted by molar-refractivity contribution is 9.10. The molecule has 0 heterocycles. The summed E-state index contributed by atoms with van der Waals surface area (Å²) in [5.41, 5.74) is 0.000277. The Balaban J connectivity index is 3.02. The molecule has 0 aliphatic heterocycles. The number of hydrogen-bond acceptors (Lipinski definition) is 1. The van der Waals surface area contributed by atoms with Crippen molar-refractivity contribution in [3.05, 3.63) is 33.8 Å². The van der Waals surface area contributed by atoms with Crippen LogP contribution in [0.4, 0.5) is 8.78 Å². The molecule has 0 saturated carbocycles. The molecule has 0 aromatic heterocycles. The second kappa shape index (κ2) is 4.58. The van der Waals surface area contributed by atoms with Gasteiger partial charge >= 0.3 is 0 Å². The smallest absolute Gasteiger partial charge is 0.143 e. The average Bonchev–Trinajstić information content (AvgIpc) is 2.19. The molecule has 0 unspecified atom stereocenters. The second-order valence-corrected chi connectivity index (χ2v) is 5.13. The van der Waals surface area contributed by atoms with Crippen molar-refractivity contribution in [2.75, 3.05) is 6.61 Å². The molecule has 1 nitrogen and oxygen atoms in total. The maximum atomic E-state index is 13.6. The van der Waals surface area contributed by atoms with Crippen molar-refractivity contribution in [2.24, 2.45) is 5.41 Å². The van der Waals surface area contributed by atoms with Crippen LogP contribution in [0.1, 0.15) is 19.4 Å². The van der Waals surface area contributed by atoms with E-state index in [1.807, 2.05) is 13.8 Å². The van der Waals surface area contributed by atoms with E-state index in [4.69, 9.17) is 5.11 Å². The maximum absolute atomic E-state index is 13.6. The van der Waals surface area contributed by atoms with Gasteiger partial charge in [0.05, 0.1) is 4.47 Å². The number of aliphatic hydroxyl groups is 1. The maximum Gasteiger partial charge on any atom is 0.143 e. The van der Waals surface area contributed by atoms with E-state index in [0.717, 1.165) is 0 Å². The molecule has 0 saturated heterocycles. The van der Waals surface area contributed by atoms with E-state index in [2.05, 4.69) is 15.9 Å². The van der Waals surface area contributed by atoms with Gasteiger partial charge in [-0.25, -0.2) is 8.78 Å². The van der Waals surface area contributed by atoms with Gasteiger partial charge in [0.25, 0.3) is 0 Å². The predicted octanol–water partition coefficient (Wildman–Crippen LogP) is 3.29. The average molecular weight is 279 g/mol. The zero-order valence-corrected chi connectivity index (χ0v) is 10.2. The highest BCUT2D eigenvalue weighted by atomic mass is 79.9. The van der Waals surface area contributed by atoms with Gasteiger partial charge < -0.3 is 5.11 Å². The third kappa shape index (κ3) is 2.98. The standard InChI is InChI=1S/C11H13BrF2O/c1-11(2,6-15)5-7-3-4-8(13)9(12)10(7)14/h3-4,15H,5-6H2,1-2H3. The molecule has 1 aromatic carbocycles. The molecule has 0 atom stereocenters. The van der Waals surface area contributed by atoms with Crippen LogP contribution in [0.15, 0.2) is 16.6 Å². The molecule has 4 heteroatoms. The number of rotatable bonds is 3. The van der Waals surface area contributed by atoms with Crippen LogP contribution in [-0.2, 0) is 6.42 Å². The Kier molecular flexibility index (Phi) is 3.84. The van der Waals surface area contributed by atoms with Crippen LogP contribution < -0.4 is 0 Å². The lowest BCUT2D eigenvalue weighted by molar-refractivity contribution is 0.158. The molecular weight excluding hydrogens is 266 g/mol. The van der Waals surface area contributed by atoms with Crippen molar-refractivity contribution in [3.63, 3.8) is 0 Å².